The van der Waals surface area contributed by atoms with E-state index in [-0.39, 0.29) is 43.3 Å². The Morgan fingerprint density at radius 1 is 1.43 bits per heavy atom. The Morgan fingerprint density at radius 3 is 2.90 bits per heavy atom. The van der Waals surface area contributed by atoms with Crippen LogP contribution in [0.3, 0.4) is 0 Å². The lowest BCUT2D eigenvalue weighted by Crippen LogP contribution is -2.51. The Kier molecular flexibility index (Phi) is 7.35. The van der Waals surface area contributed by atoms with Crippen LogP contribution in [0.2, 0.25) is 0 Å². The molecule has 8 heteroatoms. The van der Waals surface area contributed by atoms with E-state index < -0.39 is 11.6 Å². The Balaban J connectivity index is 0.00000220. The van der Waals surface area contributed by atoms with Crippen molar-refractivity contribution in [1.29, 1.82) is 0 Å². The summed E-state index contributed by atoms with van der Waals surface area (Å²) in [5, 5.41) is 5.70. The van der Waals surface area contributed by atoms with Gasteiger partial charge in [0.25, 0.3) is 0 Å². The first-order valence-electron chi connectivity index (χ1n) is 6.33. The van der Waals surface area contributed by atoms with E-state index >= 15 is 0 Å². The van der Waals surface area contributed by atoms with Gasteiger partial charge in [0.15, 0.2) is 11.6 Å². The lowest BCUT2D eigenvalue weighted by molar-refractivity contribution is -0.126. The molecule has 1 heterocycles. The van der Waals surface area contributed by atoms with Gasteiger partial charge in [0.05, 0.1) is 19.8 Å². The number of carbonyl (C=O) groups is 1. The van der Waals surface area contributed by atoms with Crippen LogP contribution in [0.25, 0.3) is 0 Å². The molecule has 1 aromatic rings. The van der Waals surface area contributed by atoms with Crippen LogP contribution >= 0.6 is 12.4 Å². The topological polar surface area (TPSA) is 59.6 Å². The third-order valence-electron chi connectivity index (χ3n) is 2.80. The molecule has 118 valence electrons. The van der Waals surface area contributed by atoms with Crippen LogP contribution in [0.1, 0.15) is 0 Å². The van der Waals surface area contributed by atoms with Gasteiger partial charge >= 0.3 is 0 Å². The number of hydrogen-bond donors (Lipinski definition) is 2. The average molecular weight is 323 g/mol. The summed E-state index contributed by atoms with van der Waals surface area (Å²) in [6, 6.07) is 2.93. The van der Waals surface area contributed by atoms with Gasteiger partial charge < -0.3 is 20.1 Å². The van der Waals surface area contributed by atoms with Crippen molar-refractivity contribution in [3.05, 3.63) is 29.8 Å². The number of ether oxygens (including phenoxy) is 2. The van der Waals surface area contributed by atoms with Gasteiger partial charge in [-0.15, -0.1) is 12.4 Å². The molecule has 1 atom stereocenters. The van der Waals surface area contributed by atoms with Gasteiger partial charge in [0.1, 0.15) is 18.4 Å². The Hall–Kier alpha value is -1.44. The van der Waals surface area contributed by atoms with Gasteiger partial charge in [-0.1, -0.05) is 0 Å². The summed E-state index contributed by atoms with van der Waals surface area (Å²) in [7, 11) is 0. The fourth-order valence-corrected chi connectivity index (χ4v) is 1.77. The normalized spacial score (nSPS) is 17.7. The molecule has 21 heavy (non-hydrogen) atoms. The molecule has 1 unspecified atom stereocenters. The minimum absolute atomic E-state index is 0. The largest absolute Gasteiger partial charge is 0.492 e. The summed E-state index contributed by atoms with van der Waals surface area (Å²) in [5.74, 6) is -1.83. The molecule has 1 aromatic carbocycles. The Morgan fingerprint density at radius 2 is 2.24 bits per heavy atom. The molecule has 0 aliphatic carbocycles. The highest BCUT2D eigenvalue weighted by molar-refractivity contribution is 5.85. The zero-order valence-electron chi connectivity index (χ0n) is 11.2. The first kappa shape index (κ1) is 17.6. The Bertz CT molecular complexity index is 471. The van der Waals surface area contributed by atoms with Gasteiger partial charge in [0, 0.05) is 12.6 Å². The zero-order valence-corrected chi connectivity index (χ0v) is 12.1. The van der Waals surface area contributed by atoms with Crippen molar-refractivity contribution >= 4 is 18.3 Å². The van der Waals surface area contributed by atoms with Gasteiger partial charge in [-0.25, -0.2) is 8.78 Å². The fourth-order valence-electron chi connectivity index (χ4n) is 1.77. The summed E-state index contributed by atoms with van der Waals surface area (Å²) in [5.41, 5.74) is 0. The van der Waals surface area contributed by atoms with E-state index in [4.69, 9.17) is 9.47 Å². The van der Waals surface area contributed by atoms with Crippen LogP contribution in [0.15, 0.2) is 18.2 Å². The van der Waals surface area contributed by atoms with E-state index in [1.165, 1.54) is 6.07 Å². The smallest absolute Gasteiger partial charge is 0.239 e. The third-order valence-corrected chi connectivity index (χ3v) is 2.80. The van der Waals surface area contributed by atoms with E-state index in [9.17, 15) is 13.6 Å². The average Bonchev–Trinajstić information content (AvgIpc) is 2.48. The standard InChI is InChI=1S/C13H16F2N2O3.ClH/c14-10-2-1-9(7-11(10)15)20-6-4-17-13(18)12-8-19-5-3-16-12;/h1-2,7,12,16H,3-6,8H2,(H,17,18);1H. The van der Waals surface area contributed by atoms with Gasteiger partial charge in [0.2, 0.25) is 5.91 Å². The number of rotatable bonds is 5. The van der Waals surface area contributed by atoms with Crippen molar-refractivity contribution in [1.82, 2.24) is 10.6 Å². The number of halogens is 3. The summed E-state index contributed by atoms with van der Waals surface area (Å²) < 4.78 is 36.0. The zero-order chi connectivity index (χ0) is 14.4. The lowest BCUT2D eigenvalue weighted by Gasteiger charge is -2.22. The predicted octanol–water partition coefficient (Wildman–Crippen LogP) is 0.870. The molecule has 2 N–H and O–H groups in total. The molecule has 0 aromatic heterocycles. The quantitative estimate of drug-likeness (QED) is 0.790. The number of benzene rings is 1. The molecular weight excluding hydrogens is 306 g/mol. The summed E-state index contributed by atoms with van der Waals surface area (Å²) in [6.45, 7) is 2.03. The fraction of sp³-hybridized carbons (Fsp3) is 0.462. The number of nitrogens with one attached hydrogen (secondary N) is 2. The lowest BCUT2D eigenvalue weighted by atomic mass is 10.2. The first-order chi connectivity index (χ1) is 9.66. The summed E-state index contributed by atoms with van der Waals surface area (Å²) in [4.78, 5) is 11.7. The van der Waals surface area contributed by atoms with Crippen molar-refractivity contribution in [3.63, 3.8) is 0 Å². The van der Waals surface area contributed by atoms with Gasteiger partial charge in [-0.3, -0.25) is 4.79 Å². The molecule has 5 nitrogen and oxygen atoms in total. The number of hydrogen-bond acceptors (Lipinski definition) is 4. The van der Waals surface area contributed by atoms with E-state index in [0.29, 0.717) is 19.8 Å². The maximum atomic E-state index is 12.9. The minimum Gasteiger partial charge on any atom is -0.492 e. The predicted molar refractivity (Wildman–Crippen MR) is 74.7 cm³/mol. The molecule has 1 aliphatic heterocycles. The number of amides is 1. The van der Waals surface area contributed by atoms with Crippen LogP contribution in [0.5, 0.6) is 5.75 Å². The second-order valence-electron chi connectivity index (χ2n) is 4.30. The molecule has 0 bridgehead atoms. The van der Waals surface area contributed by atoms with Crippen molar-refractivity contribution in [2.75, 3.05) is 32.9 Å². The highest BCUT2D eigenvalue weighted by Crippen LogP contribution is 2.14. The SMILES string of the molecule is Cl.O=C(NCCOc1ccc(F)c(F)c1)C1COCCN1. The third kappa shape index (κ3) is 5.45. The molecule has 1 fully saturated rings. The van der Waals surface area contributed by atoms with E-state index in [1.54, 1.807) is 0 Å². The van der Waals surface area contributed by atoms with Crippen molar-refractivity contribution in [2.45, 2.75) is 6.04 Å². The molecule has 0 radical (unpaired) electrons. The van der Waals surface area contributed by atoms with Crippen molar-refractivity contribution in [3.8, 4) is 5.75 Å². The molecule has 1 aliphatic rings. The van der Waals surface area contributed by atoms with Crippen LogP contribution < -0.4 is 15.4 Å². The minimum atomic E-state index is -0.963. The van der Waals surface area contributed by atoms with Crippen molar-refractivity contribution < 1.29 is 23.0 Å². The molecule has 0 saturated carbocycles. The van der Waals surface area contributed by atoms with Gasteiger partial charge in [-0.2, -0.15) is 0 Å². The van der Waals surface area contributed by atoms with Crippen LogP contribution in [-0.4, -0.2) is 44.9 Å². The molecule has 1 amide bonds. The first-order valence-corrected chi connectivity index (χ1v) is 6.33. The highest BCUT2D eigenvalue weighted by atomic mass is 35.5. The van der Waals surface area contributed by atoms with E-state index in [0.717, 1.165) is 12.1 Å². The molecule has 2 rings (SSSR count). The summed E-state index contributed by atoms with van der Waals surface area (Å²) in [6.07, 6.45) is 0. The van der Waals surface area contributed by atoms with Gasteiger partial charge in [-0.05, 0) is 12.1 Å². The monoisotopic (exact) mass is 322 g/mol. The second kappa shape index (κ2) is 8.76. The van der Waals surface area contributed by atoms with Crippen LogP contribution in [-0.2, 0) is 9.53 Å². The van der Waals surface area contributed by atoms with E-state index in [2.05, 4.69) is 10.6 Å². The summed E-state index contributed by atoms with van der Waals surface area (Å²) >= 11 is 0. The maximum Gasteiger partial charge on any atom is 0.239 e. The molecule has 1 saturated heterocycles. The maximum absolute atomic E-state index is 12.9. The number of morpholine rings is 1. The molecular formula is C13H17ClF2N2O3. The van der Waals surface area contributed by atoms with Crippen LogP contribution in [0.4, 0.5) is 8.78 Å². The number of carbonyl (C=O) groups excluding carboxylic acids is 1. The highest BCUT2D eigenvalue weighted by Gasteiger charge is 2.20. The molecule has 0 spiro atoms. The second-order valence-corrected chi connectivity index (χ2v) is 4.30. The van der Waals surface area contributed by atoms with E-state index in [1.807, 2.05) is 0 Å². The van der Waals surface area contributed by atoms with Crippen LogP contribution in [0, 0.1) is 11.6 Å². The Labute approximate surface area is 127 Å². The van der Waals surface area contributed by atoms with Crippen molar-refractivity contribution in [2.24, 2.45) is 0 Å².